The Balaban J connectivity index is 1.69. The van der Waals surface area contributed by atoms with Crippen LogP contribution < -0.4 is 5.73 Å². The lowest BCUT2D eigenvalue weighted by Gasteiger charge is -2.35. The molecule has 2 fully saturated rings. The van der Waals surface area contributed by atoms with Crippen molar-refractivity contribution < 1.29 is 4.79 Å². The first-order valence-corrected chi connectivity index (χ1v) is 7.43. The fourth-order valence-corrected chi connectivity index (χ4v) is 2.62. The van der Waals surface area contributed by atoms with E-state index in [2.05, 4.69) is 11.8 Å². The molecule has 4 nitrogen and oxygen atoms in total. The Labute approximate surface area is 110 Å². The number of rotatable bonds is 6. The molecule has 0 bridgehead atoms. The molecule has 1 saturated carbocycles. The van der Waals surface area contributed by atoms with Crippen molar-refractivity contribution >= 4 is 5.91 Å². The molecule has 1 saturated heterocycles. The Bertz CT molecular complexity index is 266. The van der Waals surface area contributed by atoms with Crippen molar-refractivity contribution in [3.05, 3.63) is 0 Å². The van der Waals surface area contributed by atoms with Gasteiger partial charge in [0.2, 0.25) is 5.91 Å². The van der Waals surface area contributed by atoms with Crippen LogP contribution in [0.25, 0.3) is 0 Å². The number of carbonyl (C=O) groups is 1. The molecule has 1 amide bonds. The smallest absolute Gasteiger partial charge is 0.222 e. The first kappa shape index (κ1) is 13.8. The lowest BCUT2D eigenvalue weighted by atomic mass is 10.0. The molecule has 104 valence electrons. The van der Waals surface area contributed by atoms with Crippen LogP contribution in [0.5, 0.6) is 0 Å². The molecule has 0 radical (unpaired) electrons. The summed E-state index contributed by atoms with van der Waals surface area (Å²) in [5.74, 6) is 1.62. The molecule has 1 unspecified atom stereocenters. The molecule has 1 aliphatic carbocycles. The Kier molecular flexibility index (Phi) is 5.01. The SMILES string of the molecule is CCC(CN)CC(=O)N1CCN(CC2CC2)CC1. The van der Waals surface area contributed by atoms with Crippen molar-refractivity contribution in [1.82, 2.24) is 9.80 Å². The number of hydrogen-bond donors (Lipinski definition) is 1. The Morgan fingerprint density at radius 1 is 1.28 bits per heavy atom. The minimum atomic E-state index is 0.304. The van der Waals surface area contributed by atoms with Gasteiger partial charge in [0.25, 0.3) is 0 Å². The van der Waals surface area contributed by atoms with Gasteiger partial charge in [-0.15, -0.1) is 0 Å². The van der Waals surface area contributed by atoms with Gasteiger partial charge in [0, 0.05) is 39.1 Å². The van der Waals surface area contributed by atoms with E-state index in [1.165, 1.54) is 19.4 Å². The summed E-state index contributed by atoms with van der Waals surface area (Å²) < 4.78 is 0. The van der Waals surface area contributed by atoms with Crippen LogP contribution in [0.3, 0.4) is 0 Å². The highest BCUT2D eigenvalue weighted by molar-refractivity contribution is 5.76. The average molecular weight is 253 g/mol. The molecular formula is C14H27N3O. The third kappa shape index (κ3) is 3.95. The number of nitrogens with two attached hydrogens (primary N) is 1. The van der Waals surface area contributed by atoms with Gasteiger partial charge in [0.05, 0.1) is 0 Å². The third-order valence-electron chi connectivity index (χ3n) is 4.31. The molecule has 18 heavy (non-hydrogen) atoms. The molecule has 0 aromatic rings. The second-order valence-electron chi connectivity index (χ2n) is 5.84. The zero-order valence-corrected chi connectivity index (χ0v) is 11.6. The summed E-state index contributed by atoms with van der Waals surface area (Å²) in [5.41, 5.74) is 5.67. The maximum Gasteiger partial charge on any atom is 0.222 e. The Morgan fingerprint density at radius 2 is 1.94 bits per heavy atom. The van der Waals surface area contributed by atoms with Crippen LogP contribution in [-0.2, 0) is 4.79 Å². The van der Waals surface area contributed by atoms with Crippen molar-refractivity contribution in [3.8, 4) is 0 Å². The molecule has 0 aromatic heterocycles. The van der Waals surface area contributed by atoms with E-state index >= 15 is 0 Å². The fourth-order valence-electron chi connectivity index (χ4n) is 2.62. The van der Waals surface area contributed by atoms with Gasteiger partial charge in [-0.1, -0.05) is 13.3 Å². The van der Waals surface area contributed by atoms with Gasteiger partial charge >= 0.3 is 0 Å². The predicted molar refractivity (Wildman–Crippen MR) is 73.2 cm³/mol. The van der Waals surface area contributed by atoms with E-state index in [9.17, 15) is 4.79 Å². The van der Waals surface area contributed by atoms with Crippen LogP contribution in [0.15, 0.2) is 0 Å². The summed E-state index contributed by atoms with van der Waals surface area (Å²) in [7, 11) is 0. The van der Waals surface area contributed by atoms with Crippen molar-refractivity contribution in [2.75, 3.05) is 39.3 Å². The molecule has 4 heteroatoms. The lowest BCUT2D eigenvalue weighted by molar-refractivity contribution is -0.133. The van der Waals surface area contributed by atoms with E-state index in [0.29, 0.717) is 24.8 Å². The van der Waals surface area contributed by atoms with Crippen molar-refractivity contribution in [1.29, 1.82) is 0 Å². The van der Waals surface area contributed by atoms with Gasteiger partial charge in [0.15, 0.2) is 0 Å². The van der Waals surface area contributed by atoms with Crippen LogP contribution in [-0.4, -0.2) is 55.0 Å². The van der Waals surface area contributed by atoms with Crippen molar-refractivity contribution in [3.63, 3.8) is 0 Å². The molecule has 1 atom stereocenters. The third-order valence-corrected chi connectivity index (χ3v) is 4.31. The van der Waals surface area contributed by atoms with Crippen LogP contribution >= 0.6 is 0 Å². The highest BCUT2D eigenvalue weighted by Gasteiger charge is 2.27. The number of carbonyl (C=O) groups excluding carboxylic acids is 1. The summed E-state index contributed by atoms with van der Waals surface area (Å²) in [5, 5.41) is 0. The molecule has 2 aliphatic rings. The molecule has 1 heterocycles. The maximum absolute atomic E-state index is 12.1. The number of piperazine rings is 1. The quantitative estimate of drug-likeness (QED) is 0.765. The van der Waals surface area contributed by atoms with Crippen LogP contribution in [0, 0.1) is 11.8 Å². The predicted octanol–water partition coefficient (Wildman–Crippen LogP) is 0.916. The minimum absolute atomic E-state index is 0.304. The summed E-state index contributed by atoms with van der Waals surface area (Å²) in [6.45, 7) is 7.92. The molecule has 0 spiro atoms. The average Bonchev–Trinajstić information content (AvgIpc) is 3.20. The second kappa shape index (κ2) is 6.53. The van der Waals surface area contributed by atoms with Crippen molar-refractivity contribution in [2.45, 2.75) is 32.6 Å². The Hall–Kier alpha value is -0.610. The summed E-state index contributed by atoms with van der Waals surface area (Å²) in [6, 6.07) is 0. The molecule has 1 aliphatic heterocycles. The van der Waals surface area contributed by atoms with Crippen LogP contribution in [0.1, 0.15) is 32.6 Å². The minimum Gasteiger partial charge on any atom is -0.340 e. The normalized spacial score (nSPS) is 23.1. The number of nitrogens with zero attached hydrogens (tertiary/aromatic N) is 2. The number of hydrogen-bond acceptors (Lipinski definition) is 3. The second-order valence-corrected chi connectivity index (χ2v) is 5.84. The maximum atomic E-state index is 12.1. The van der Waals surface area contributed by atoms with Gasteiger partial charge in [-0.3, -0.25) is 9.69 Å². The molecule has 2 rings (SSSR count). The van der Waals surface area contributed by atoms with Gasteiger partial charge < -0.3 is 10.6 Å². The van der Waals surface area contributed by atoms with E-state index in [1.807, 2.05) is 4.90 Å². The molecular weight excluding hydrogens is 226 g/mol. The summed E-state index contributed by atoms with van der Waals surface area (Å²) in [4.78, 5) is 16.7. The standard InChI is InChI=1S/C14H27N3O/c1-2-12(10-15)9-14(18)17-7-5-16(6-8-17)11-13-3-4-13/h12-13H,2-11,15H2,1H3. The monoisotopic (exact) mass is 253 g/mol. The topological polar surface area (TPSA) is 49.6 Å². The lowest BCUT2D eigenvalue weighted by Crippen LogP contribution is -2.49. The van der Waals surface area contributed by atoms with Gasteiger partial charge in [0.1, 0.15) is 0 Å². The van der Waals surface area contributed by atoms with Crippen molar-refractivity contribution in [2.24, 2.45) is 17.6 Å². The highest BCUT2D eigenvalue weighted by atomic mass is 16.2. The fraction of sp³-hybridized carbons (Fsp3) is 0.929. The molecule has 2 N–H and O–H groups in total. The summed E-state index contributed by atoms with van der Waals surface area (Å²) in [6.07, 6.45) is 4.46. The zero-order valence-electron chi connectivity index (χ0n) is 11.6. The van der Waals surface area contributed by atoms with E-state index in [1.54, 1.807) is 0 Å². The van der Waals surface area contributed by atoms with E-state index in [-0.39, 0.29) is 0 Å². The van der Waals surface area contributed by atoms with E-state index < -0.39 is 0 Å². The van der Waals surface area contributed by atoms with Gasteiger partial charge in [-0.2, -0.15) is 0 Å². The van der Waals surface area contributed by atoms with Crippen LogP contribution in [0.2, 0.25) is 0 Å². The molecule has 0 aromatic carbocycles. The zero-order chi connectivity index (χ0) is 13.0. The first-order valence-electron chi connectivity index (χ1n) is 7.43. The largest absolute Gasteiger partial charge is 0.340 e. The first-order chi connectivity index (χ1) is 8.72. The van der Waals surface area contributed by atoms with Crippen LogP contribution in [0.4, 0.5) is 0 Å². The summed E-state index contributed by atoms with van der Waals surface area (Å²) >= 11 is 0. The highest BCUT2D eigenvalue weighted by Crippen LogP contribution is 2.29. The van der Waals surface area contributed by atoms with E-state index in [4.69, 9.17) is 5.73 Å². The van der Waals surface area contributed by atoms with Gasteiger partial charge in [-0.05, 0) is 31.2 Å². The van der Waals surface area contributed by atoms with E-state index in [0.717, 1.165) is 38.5 Å². The Morgan fingerprint density at radius 3 is 2.44 bits per heavy atom. The van der Waals surface area contributed by atoms with Gasteiger partial charge in [-0.25, -0.2) is 0 Å². The number of amides is 1.